The van der Waals surface area contributed by atoms with Crippen LogP contribution in [0.3, 0.4) is 0 Å². The first-order chi connectivity index (χ1) is 13.6. The minimum atomic E-state index is -2.40. The van der Waals surface area contributed by atoms with Crippen LogP contribution in [-0.2, 0) is 9.59 Å². The summed E-state index contributed by atoms with van der Waals surface area (Å²) < 4.78 is 0. The van der Waals surface area contributed by atoms with E-state index in [1.165, 1.54) is 0 Å². The van der Waals surface area contributed by atoms with Gasteiger partial charge < -0.3 is 81.1 Å². The molecule has 12 N–H and O–H groups in total. The van der Waals surface area contributed by atoms with Crippen molar-refractivity contribution in [3.05, 3.63) is 0 Å². The Bertz CT molecular complexity index is 465. The van der Waals surface area contributed by atoms with E-state index in [2.05, 4.69) is 0 Å². The molecule has 0 rings (SSSR count). The summed E-state index contributed by atoms with van der Waals surface area (Å²) in [7, 11) is 0. The monoisotopic (exact) mass is 490 g/mol. The molecule has 0 radical (unpaired) electrons. The minimum Gasteiger partial charge on any atom is -0.547 e. The van der Waals surface area contributed by atoms with Crippen LogP contribution in [0.15, 0.2) is 0 Å². The molecule has 0 aromatic heterocycles. The van der Waals surface area contributed by atoms with Gasteiger partial charge in [0, 0.05) is 0 Å². The summed E-state index contributed by atoms with van der Waals surface area (Å²) in [5, 5.41) is 126. The summed E-state index contributed by atoms with van der Waals surface area (Å²) in [6.07, 6.45) is -21.0. The maximum Gasteiger partial charge on any atom is 2.00 e. The zero-order valence-corrected chi connectivity index (χ0v) is 18.1. The van der Waals surface area contributed by atoms with Crippen LogP contribution in [0.25, 0.3) is 0 Å². The van der Waals surface area contributed by atoms with Gasteiger partial charge in [-0.3, -0.25) is 0 Å². The fraction of sp³-hybridized carbons (Fsp3) is 0.857. The molecule has 0 aliphatic heterocycles. The van der Waals surface area contributed by atoms with E-state index < -0.39 is 86.2 Å². The van der Waals surface area contributed by atoms with Gasteiger partial charge in [-0.1, -0.05) is 0 Å². The van der Waals surface area contributed by atoms with Crippen molar-refractivity contribution in [1.82, 2.24) is 0 Å². The van der Waals surface area contributed by atoms with E-state index >= 15 is 0 Å². The molecule has 0 saturated carbocycles. The average Bonchev–Trinajstić information content (AvgIpc) is 2.73. The summed E-state index contributed by atoms with van der Waals surface area (Å²) in [4.78, 5) is 20.2. The normalized spacial score (nSPS) is 20.8. The number of hydrogen-bond acceptors (Lipinski definition) is 16. The number of carbonyl (C=O) groups excluding carboxylic acids is 2. The van der Waals surface area contributed by atoms with Crippen molar-refractivity contribution < 1.29 is 81.1 Å². The van der Waals surface area contributed by atoms with Crippen LogP contribution in [0.4, 0.5) is 0 Å². The van der Waals surface area contributed by atoms with Crippen LogP contribution in [-0.4, -0.2) is 185 Å². The Morgan fingerprint density at radius 2 is 0.742 bits per heavy atom. The first kappa shape index (κ1) is 35.3. The van der Waals surface area contributed by atoms with Crippen molar-refractivity contribution >= 4 is 49.7 Å². The molecule has 16 nitrogen and oxygen atoms in total. The summed E-state index contributed by atoms with van der Waals surface area (Å²) in [6, 6.07) is 0. The van der Waals surface area contributed by atoms with Gasteiger partial charge in [0.15, 0.2) is 0 Å². The van der Waals surface area contributed by atoms with Crippen molar-refractivity contribution in [1.29, 1.82) is 0 Å². The van der Waals surface area contributed by atoms with E-state index in [0.29, 0.717) is 0 Å². The van der Waals surface area contributed by atoms with Crippen LogP contribution in [0.5, 0.6) is 0 Å². The standard InChI is InChI=1S/2C7H14O8.Ca/c2*8-1-2(9)3(10)4(11)5(12)6(13)7(14)15;/h2*2-6,8-13H,1H2,(H,14,15);/q;;+2/p-2/t2*2-,3-,4-,5-,6?;/m11./s1. The predicted octanol–water partition coefficient (Wildman–Crippen LogP) is -11.3. The number of aliphatic hydroxyl groups is 12. The van der Waals surface area contributed by atoms with E-state index in [-0.39, 0.29) is 37.7 Å². The maximum atomic E-state index is 10.1. The van der Waals surface area contributed by atoms with Crippen LogP contribution < -0.4 is 10.2 Å². The van der Waals surface area contributed by atoms with E-state index in [9.17, 15) is 19.8 Å². The maximum absolute atomic E-state index is 10.1. The second kappa shape index (κ2) is 17.2. The molecule has 0 amide bonds. The SMILES string of the molecule is O=C([O-])C(O)[C@H](O)[C@H](O)[C@H](O)[C@H](O)CO.O=C([O-])C(O)[C@H](O)[C@H](O)[C@H](O)[C@H](O)CO.[Ca+2]. The molecule has 0 saturated heterocycles. The van der Waals surface area contributed by atoms with Gasteiger partial charge in [-0.2, -0.15) is 0 Å². The number of carbonyl (C=O) groups is 2. The van der Waals surface area contributed by atoms with Crippen LogP contribution >= 0.6 is 0 Å². The third-order valence-corrected chi connectivity index (χ3v) is 3.69. The molecule has 10 atom stereocenters. The fourth-order valence-corrected chi connectivity index (χ4v) is 1.73. The van der Waals surface area contributed by atoms with Gasteiger partial charge in [0.1, 0.15) is 61.0 Å². The van der Waals surface area contributed by atoms with Gasteiger partial charge >= 0.3 is 37.7 Å². The van der Waals surface area contributed by atoms with Crippen LogP contribution in [0.1, 0.15) is 0 Å². The Morgan fingerprint density at radius 3 is 0.903 bits per heavy atom. The zero-order chi connectivity index (χ0) is 24.3. The van der Waals surface area contributed by atoms with Gasteiger partial charge in [0.05, 0.1) is 25.2 Å². The largest absolute Gasteiger partial charge is 2.00 e. The van der Waals surface area contributed by atoms with Gasteiger partial charge in [-0.05, 0) is 0 Å². The van der Waals surface area contributed by atoms with Crippen molar-refractivity contribution in [3.63, 3.8) is 0 Å². The van der Waals surface area contributed by atoms with Crippen molar-refractivity contribution in [2.24, 2.45) is 0 Å². The average molecular weight is 490 g/mol. The molecule has 0 fully saturated rings. The Labute approximate surface area is 204 Å². The number of hydrogen-bond donors (Lipinski definition) is 12. The fourth-order valence-electron chi connectivity index (χ4n) is 1.73. The first-order valence-corrected chi connectivity index (χ1v) is 8.09. The first-order valence-electron chi connectivity index (χ1n) is 8.09. The predicted molar refractivity (Wildman–Crippen MR) is 90.0 cm³/mol. The van der Waals surface area contributed by atoms with Crippen LogP contribution in [0.2, 0.25) is 0 Å². The Hall–Kier alpha value is -0.280. The minimum absolute atomic E-state index is 0. The molecule has 0 spiro atoms. The topological polar surface area (TPSA) is 323 Å². The van der Waals surface area contributed by atoms with Crippen molar-refractivity contribution in [2.45, 2.75) is 61.0 Å². The summed E-state index contributed by atoms with van der Waals surface area (Å²) in [5.74, 6) is -4.07. The van der Waals surface area contributed by atoms with Crippen molar-refractivity contribution in [3.8, 4) is 0 Å². The molecule has 0 aliphatic rings. The van der Waals surface area contributed by atoms with E-state index in [1.54, 1.807) is 0 Å². The third kappa shape index (κ3) is 11.9. The van der Waals surface area contributed by atoms with E-state index in [4.69, 9.17) is 61.3 Å². The zero-order valence-electron chi connectivity index (χ0n) is 15.9. The quantitative estimate of drug-likeness (QED) is 0.113. The van der Waals surface area contributed by atoms with Gasteiger partial charge in [-0.15, -0.1) is 0 Å². The molecule has 0 aliphatic carbocycles. The third-order valence-electron chi connectivity index (χ3n) is 3.69. The second-order valence-electron chi connectivity index (χ2n) is 5.97. The molecular weight excluding hydrogens is 464 g/mol. The number of carboxylic acid groups (broad SMARTS) is 2. The van der Waals surface area contributed by atoms with Crippen molar-refractivity contribution in [2.75, 3.05) is 13.2 Å². The summed E-state index contributed by atoms with van der Waals surface area (Å²) >= 11 is 0. The number of aliphatic hydroxyl groups excluding tert-OH is 12. The molecule has 0 heterocycles. The molecular formula is C14H26CaO16. The smallest absolute Gasteiger partial charge is 0.547 e. The van der Waals surface area contributed by atoms with Crippen LogP contribution in [0, 0.1) is 0 Å². The van der Waals surface area contributed by atoms with E-state index in [1.807, 2.05) is 0 Å². The Morgan fingerprint density at radius 1 is 0.516 bits per heavy atom. The molecule has 0 bridgehead atoms. The molecule has 2 unspecified atom stereocenters. The summed E-state index contributed by atoms with van der Waals surface area (Å²) in [6.45, 7) is -1.79. The van der Waals surface area contributed by atoms with E-state index in [0.717, 1.165) is 0 Å². The summed E-state index contributed by atoms with van der Waals surface area (Å²) in [5.41, 5.74) is 0. The number of carboxylic acids is 2. The second-order valence-corrected chi connectivity index (χ2v) is 5.97. The molecule has 31 heavy (non-hydrogen) atoms. The molecule has 180 valence electrons. The Kier molecular flexibility index (Phi) is 19.6. The molecule has 17 heteroatoms. The number of rotatable bonds is 12. The van der Waals surface area contributed by atoms with Gasteiger partial charge in [0.25, 0.3) is 0 Å². The molecule has 0 aromatic carbocycles. The molecule has 0 aromatic rings. The van der Waals surface area contributed by atoms with Gasteiger partial charge in [0.2, 0.25) is 0 Å². The number of aliphatic carboxylic acids is 2. The van der Waals surface area contributed by atoms with Gasteiger partial charge in [-0.25, -0.2) is 0 Å². The Balaban J connectivity index is -0.000000490.